The molecule has 3 heterocycles. The van der Waals surface area contributed by atoms with Crippen LogP contribution in [-0.2, 0) is 10.2 Å². The van der Waals surface area contributed by atoms with Crippen LogP contribution in [0.15, 0.2) is 53.6 Å². The summed E-state index contributed by atoms with van der Waals surface area (Å²) in [5.74, 6) is 0.556. The molecule has 32 heavy (non-hydrogen) atoms. The van der Waals surface area contributed by atoms with Crippen molar-refractivity contribution in [2.45, 2.75) is 24.7 Å². The van der Waals surface area contributed by atoms with E-state index in [2.05, 4.69) is 46.9 Å². The number of hydrogen-bond acceptors (Lipinski definition) is 10. The number of aromatic nitrogens is 6. The highest BCUT2D eigenvalue weighted by molar-refractivity contribution is 5.86. The molecule has 1 aliphatic carbocycles. The van der Waals surface area contributed by atoms with Gasteiger partial charge in [-0.25, -0.2) is 24.7 Å². The maximum absolute atomic E-state index is 11.5. The third-order valence-electron chi connectivity index (χ3n) is 5.77. The molecule has 1 saturated carbocycles. The first kappa shape index (κ1) is 19.7. The first-order valence-corrected chi connectivity index (χ1v) is 10.0. The van der Waals surface area contributed by atoms with E-state index in [-0.39, 0.29) is 22.9 Å². The first-order valence-electron chi connectivity index (χ1n) is 10.0. The molecule has 2 N–H and O–H groups in total. The minimum Gasteiger partial charge on any atom is -0.464 e. The summed E-state index contributed by atoms with van der Waals surface area (Å²) in [4.78, 5) is 32.5. The first-order chi connectivity index (χ1) is 15.6. The number of methoxy groups -OCH3 is 1. The summed E-state index contributed by atoms with van der Waals surface area (Å²) in [5.41, 5.74) is 8.77. The predicted octanol–water partition coefficient (Wildman–Crippen LogP) is 2.82. The lowest BCUT2D eigenvalue weighted by molar-refractivity contribution is 0.0593. The standard InChI is InChI=1S/C22H19N7O3/c1-31-19(30)17-12-24-16(11-25-17)18-28-20(29-32-18)22(7-2-8-22)15-5-3-13(4-6-15)14-9-26-21(23)27-10-14/h3-6,9-12H,2,7-8H2,1H3,(H2,23,26,27). The van der Waals surface area contributed by atoms with Gasteiger partial charge in [0.05, 0.1) is 24.9 Å². The maximum Gasteiger partial charge on any atom is 0.358 e. The Hall–Kier alpha value is -4.21. The summed E-state index contributed by atoms with van der Waals surface area (Å²) in [6.07, 6.45) is 9.06. The molecular formula is C22H19N7O3. The Morgan fingerprint density at radius 3 is 2.34 bits per heavy atom. The van der Waals surface area contributed by atoms with E-state index in [0.717, 1.165) is 36.0 Å². The summed E-state index contributed by atoms with van der Waals surface area (Å²) in [6.45, 7) is 0. The molecule has 4 aromatic rings. The number of anilines is 1. The Kier molecular flexibility index (Phi) is 4.81. The van der Waals surface area contributed by atoms with Crippen LogP contribution in [0.3, 0.4) is 0 Å². The second kappa shape index (κ2) is 7.80. The van der Waals surface area contributed by atoms with E-state index in [4.69, 9.17) is 10.3 Å². The van der Waals surface area contributed by atoms with Crippen molar-refractivity contribution < 1.29 is 14.1 Å². The van der Waals surface area contributed by atoms with Crippen molar-refractivity contribution in [3.05, 3.63) is 66.1 Å². The van der Waals surface area contributed by atoms with Gasteiger partial charge in [0.15, 0.2) is 11.5 Å². The lowest BCUT2D eigenvalue weighted by Crippen LogP contribution is -2.36. The largest absolute Gasteiger partial charge is 0.464 e. The second-order valence-electron chi connectivity index (χ2n) is 7.54. The van der Waals surface area contributed by atoms with Gasteiger partial charge in [0, 0.05) is 18.0 Å². The molecule has 0 radical (unpaired) electrons. The molecule has 10 nitrogen and oxygen atoms in total. The Morgan fingerprint density at radius 1 is 1.00 bits per heavy atom. The van der Waals surface area contributed by atoms with Crippen LogP contribution in [0.25, 0.3) is 22.7 Å². The summed E-state index contributed by atoms with van der Waals surface area (Å²) in [7, 11) is 1.29. The van der Waals surface area contributed by atoms with E-state index in [1.54, 1.807) is 12.4 Å². The number of benzene rings is 1. The topological polar surface area (TPSA) is 143 Å². The van der Waals surface area contributed by atoms with Crippen LogP contribution in [0.5, 0.6) is 0 Å². The highest BCUT2D eigenvalue weighted by Crippen LogP contribution is 2.48. The minimum absolute atomic E-state index is 0.109. The van der Waals surface area contributed by atoms with Gasteiger partial charge < -0.3 is 15.0 Å². The zero-order chi connectivity index (χ0) is 22.1. The fourth-order valence-corrected chi connectivity index (χ4v) is 3.81. The van der Waals surface area contributed by atoms with Crippen LogP contribution >= 0.6 is 0 Å². The van der Waals surface area contributed by atoms with Crippen molar-refractivity contribution in [1.82, 2.24) is 30.1 Å². The molecule has 0 bridgehead atoms. The van der Waals surface area contributed by atoms with Crippen LogP contribution in [0, 0.1) is 0 Å². The van der Waals surface area contributed by atoms with Gasteiger partial charge in [0.2, 0.25) is 5.95 Å². The van der Waals surface area contributed by atoms with Gasteiger partial charge in [-0.05, 0) is 24.0 Å². The van der Waals surface area contributed by atoms with Crippen molar-refractivity contribution >= 4 is 11.9 Å². The number of rotatable bonds is 5. The zero-order valence-electron chi connectivity index (χ0n) is 17.2. The Morgan fingerprint density at radius 2 is 1.75 bits per heavy atom. The van der Waals surface area contributed by atoms with E-state index in [1.165, 1.54) is 19.5 Å². The van der Waals surface area contributed by atoms with Gasteiger partial charge in [-0.1, -0.05) is 35.8 Å². The third kappa shape index (κ3) is 3.35. The molecule has 5 rings (SSSR count). The summed E-state index contributed by atoms with van der Waals surface area (Å²) < 4.78 is 10.1. The Balaban J connectivity index is 1.42. The van der Waals surface area contributed by atoms with Crippen LogP contribution in [0.1, 0.15) is 41.1 Å². The van der Waals surface area contributed by atoms with Crippen molar-refractivity contribution in [1.29, 1.82) is 0 Å². The smallest absolute Gasteiger partial charge is 0.358 e. The SMILES string of the molecule is COC(=O)c1cnc(-c2nc(C3(c4ccc(-c5cnc(N)nc5)cc4)CCC3)no2)cn1. The molecule has 0 amide bonds. The summed E-state index contributed by atoms with van der Waals surface area (Å²) in [5, 5.41) is 4.25. The molecule has 10 heteroatoms. The van der Waals surface area contributed by atoms with Crippen LogP contribution in [0.4, 0.5) is 5.95 Å². The average Bonchev–Trinajstić information content (AvgIpc) is 3.29. The fourth-order valence-electron chi connectivity index (χ4n) is 3.81. The molecule has 1 fully saturated rings. The third-order valence-corrected chi connectivity index (χ3v) is 5.77. The number of nitrogens with two attached hydrogens (primary N) is 1. The number of ether oxygens (including phenoxy) is 1. The number of carbonyl (C=O) groups excluding carboxylic acids is 1. The van der Waals surface area contributed by atoms with Gasteiger partial charge in [-0.2, -0.15) is 4.98 Å². The monoisotopic (exact) mass is 429 g/mol. The molecule has 0 saturated heterocycles. The Bertz CT molecular complexity index is 1250. The van der Waals surface area contributed by atoms with E-state index < -0.39 is 5.97 Å². The molecule has 1 aliphatic rings. The van der Waals surface area contributed by atoms with Crippen molar-refractivity contribution in [3.8, 4) is 22.7 Å². The fraction of sp³-hybridized carbons (Fsp3) is 0.227. The van der Waals surface area contributed by atoms with E-state index in [9.17, 15) is 4.79 Å². The van der Waals surface area contributed by atoms with Crippen molar-refractivity contribution in [2.24, 2.45) is 0 Å². The molecule has 0 atom stereocenters. The van der Waals surface area contributed by atoms with Gasteiger partial charge in [-0.3, -0.25) is 0 Å². The molecule has 0 spiro atoms. The number of carbonyl (C=O) groups is 1. The quantitative estimate of drug-likeness (QED) is 0.470. The van der Waals surface area contributed by atoms with E-state index in [0.29, 0.717) is 11.5 Å². The number of hydrogen-bond donors (Lipinski definition) is 1. The van der Waals surface area contributed by atoms with E-state index >= 15 is 0 Å². The predicted molar refractivity (Wildman–Crippen MR) is 113 cm³/mol. The van der Waals surface area contributed by atoms with Crippen LogP contribution in [-0.4, -0.2) is 43.2 Å². The normalized spacial score (nSPS) is 14.5. The Labute approximate surface area is 182 Å². The molecular weight excluding hydrogens is 410 g/mol. The maximum atomic E-state index is 11.5. The number of nitrogen functional groups attached to an aromatic ring is 1. The van der Waals surface area contributed by atoms with Crippen LogP contribution in [0.2, 0.25) is 0 Å². The highest BCUT2D eigenvalue weighted by atomic mass is 16.5. The van der Waals surface area contributed by atoms with Crippen LogP contribution < -0.4 is 5.73 Å². The van der Waals surface area contributed by atoms with Gasteiger partial charge in [0.25, 0.3) is 5.89 Å². The average molecular weight is 429 g/mol. The van der Waals surface area contributed by atoms with Crippen molar-refractivity contribution in [3.63, 3.8) is 0 Å². The summed E-state index contributed by atoms with van der Waals surface area (Å²) >= 11 is 0. The minimum atomic E-state index is -0.558. The number of nitrogens with zero attached hydrogens (tertiary/aromatic N) is 6. The van der Waals surface area contributed by atoms with Gasteiger partial charge in [0.1, 0.15) is 5.69 Å². The molecule has 0 unspecified atom stereocenters. The summed E-state index contributed by atoms with van der Waals surface area (Å²) in [6, 6.07) is 8.21. The second-order valence-corrected chi connectivity index (χ2v) is 7.54. The molecule has 3 aromatic heterocycles. The highest BCUT2D eigenvalue weighted by Gasteiger charge is 2.44. The van der Waals surface area contributed by atoms with Gasteiger partial charge >= 0.3 is 5.97 Å². The molecule has 1 aromatic carbocycles. The van der Waals surface area contributed by atoms with E-state index in [1.807, 2.05) is 12.1 Å². The molecule has 160 valence electrons. The number of esters is 1. The lowest BCUT2D eigenvalue weighted by atomic mass is 9.64. The molecule has 0 aliphatic heterocycles. The zero-order valence-corrected chi connectivity index (χ0v) is 17.2. The lowest BCUT2D eigenvalue weighted by Gasteiger charge is -2.39. The van der Waals surface area contributed by atoms with Gasteiger partial charge in [-0.15, -0.1) is 0 Å². The van der Waals surface area contributed by atoms with Crippen molar-refractivity contribution in [2.75, 3.05) is 12.8 Å².